The summed E-state index contributed by atoms with van der Waals surface area (Å²) in [5.41, 5.74) is 0.340. The number of nitrogens with one attached hydrogen (secondary N) is 1. The molecule has 0 aromatic heterocycles. The van der Waals surface area contributed by atoms with Crippen molar-refractivity contribution in [3.63, 3.8) is 0 Å². The number of benzene rings is 1. The predicted molar refractivity (Wildman–Crippen MR) is 77.4 cm³/mol. The van der Waals surface area contributed by atoms with Crippen molar-refractivity contribution >= 4 is 9.84 Å². The van der Waals surface area contributed by atoms with E-state index in [2.05, 4.69) is 12.2 Å². The summed E-state index contributed by atoms with van der Waals surface area (Å²) >= 11 is 0. The molecule has 4 nitrogen and oxygen atoms in total. The lowest BCUT2D eigenvalue weighted by molar-refractivity contribution is 0.0185. The lowest BCUT2D eigenvalue weighted by atomic mass is 9.99. The van der Waals surface area contributed by atoms with Gasteiger partial charge >= 0.3 is 0 Å². The minimum absolute atomic E-state index is 0.0981. The molecule has 2 aliphatic heterocycles. The molecule has 0 aliphatic carbocycles. The van der Waals surface area contributed by atoms with Gasteiger partial charge in [0.2, 0.25) is 0 Å². The summed E-state index contributed by atoms with van der Waals surface area (Å²) in [7, 11) is -3.28. The normalized spacial score (nSPS) is 31.0. The Morgan fingerprint density at radius 3 is 3.00 bits per heavy atom. The van der Waals surface area contributed by atoms with Crippen LogP contribution in [0.3, 0.4) is 0 Å². The fourth-order valence-corrected chi connectivity index (χ4v) is 4.74. The van der Waals surface area contributed by atoms with Gasteiger partial charge < -0.3 is 10.1 Å². The zero-order valence-electron chi connectivity index (χ0n) is 12.1. The van der Waals surface area contributed by atoms with E-state index in [4.69, 9.17) is 4.74 Å². The minimum atomic E-state index is -3.28. The van der Waals surface area contributed by atoms with Crippen LogP contribution >= 0.6 is 0 Å². The van der Waals surface area contributed by atoms with Gasteiger partial charge in [-0.05, 0) is 49.9 Å². The predicted octanol–water partition coefficient (Wildman–Crippen LogP) is 2.20. The second-order valence-electron chi connectivity index (χ2n) is 6.13. The number of rotatable bonds is 3. The molecule has 1 aromatic carbocycles. The molecule has 2 unspecified atom stereocenters. The van der Waals surface area contributed by atoms with Crippen molar-refractivity contribution in [2.24, 2.45) is 0 Å². The standard InChI is InChI=1S/C15H20FNO3S/c1-15(6-2-7-20-15)10-17-13-5-8-21(18,19)14-4-3-11(16)9-12(13)14/h3-4,9,13,17H,2,5-8,10H2,1H3. The third-order valence-electron chi connectivity index (χ3n) is 4.38. The number of hydrogen-bond donors (Lipinski definition) is 1. The monoisotopic (exact) mass is 313 g/mol. The Bertz CT molecular complexity index is 638. The van der Waals surface area contributed by atoms with Crippen LogP contribution in [0.4, 0.5) is 4.39 Å². The van der Waals surface area contributed by atoms with Crippen molar-refractivity contribution in [1.82, 2.24) is 5.32 Å². The fourth-order valence-electron chi connectivity index (χ4n) is 3.14. The quantitative estimate of drug-likeness (QED) is 0.869. The SMILES string of the molecule is CC1(CNC2CCS(=O)(=O)c3ccc(F)cc32)CCCO1. The van der Waals surface area contributed by atoms with Crippen molar-refractivity contribution < 1.29 is 17.5 Å². The van der Waals surface area contributed by atoms with E-state index in [1.54, 1.807) is 0 Å². The Hall–Kier alpha value is -0.980. The van der Waals surface area contributed by atoms with E-state index >= 15 is 0 Å². The van der Waals surface area contributed by atoms with Gasteiger partial charge in [0.15, 0.2) is 9.84 Å². The molecule has 21 heavy (non-hydrogen) atoms. The summed E-state index contributed by atoms with van der Waals surface area (Å²) in [6, 6.07) is 3.78. The first kappa shape index (κ1) is 14.9. The minimum Gasteiger partial charge on any atom is -0.374 e. The molecule has 2 aliphatic rings. The average molecular weight is 313 g/mol. The van der Waals surface area contributed by atoms with E-state index in [0.29, 0.717) is 18.5 Å². The summed E-state index contributed by atoms with van der Waals surface area (Å²) in [4.78, 5) is 0.255. The van der Waals surface area contributed by atoms with Crippen LogP contribution in [0, 0.1) is 5.82 Å². The maximum absolute atomic E-state index is 13.5. The Morgan fingerprint density at radius 2 is 2.29 bits per heavy atom. The summed E-state index contributed by atoms with van der Waals surface area (Å²) < 4.78 is 43.4. The maximum atomic E-state index is 13.5. The Morgan fingerprint density at radius 1 is 1.48 bits per heavy atom. The highest BCUT2D eigenvalue weighted by Gasteiger charge is 2.34. The zero-order chi connectivity index (χ0) is 15.1. The van der Waals surface area contributed by atoms with Gasteiger partial charge in [-0.2, -0.15) is 0 Å². The summed E-state index contributed by atoms with van der Waals surface area (Å²) in [6.45, 7) is 3.47. The fraction of sp³-hybridized carbons (Fsp3) is 0.600. The van der Waals surface area contributed by atoms with Gasteiger partial charge in [-0.25, -0.2) is 12.8 Å². The van der Waals surface area contributed by atoms with Crippen molar-refractivity contribution in [1.29, 1.82) is 0 Å². The van der Waals surface area contributed by atoms with E-state index < -0.39 is 15.7 Å². The molecule has 0 amide bonds. The summed E-state index contributed by atoms with van der Waals surface area (Å²) in [5, 5.41) is 3.37. The smallest absolute Gasteiger partial charge is 0.178 e. The van der Waals surface area contributed by atoms with Gasteiger partial charge in [-0.15, -0.1) is 0 Å². The molecular weight excluding hydrogens is 293 g/mol. The van der Waals surface area contributed by atoms with Gasteiger partial charge in [0.1, 0.15) is 5.82 Å². The van der Waals surface area contributed by atoms with Gasteiger partial charge in [0.05, 0.1) is 16.2 Å². The molecule has 2 heterocycles. The van der Waals surface area contributed by atoms with Crippen LogP contribution in [0.1, 0.15) is 37.8 Å². The van der Waals surface area contributed by atoms with Crippen molar-refractivity contribution in [3.8, 4) is 0 Å². The molecule has 1 fully saturated rings. The van der Waals surface area contributed by atoms with E-state index in [0.717, 1.165) is 19.4 Å². The van der Waals surface area contributed by atoms with Crippen LogP contribution in [0.25, 0.3) is 0 Å². The molecule has 1 saturated heterocycles. The molecule has 0 spiro atoms. The van der Waals surface area contributed by atoms with E-state index in [1.807, 2.05) is 0 Å². The number of sulfone groups is 1. The second kappa shape index (κ2) is 5.34. The molecule has 116 valence electrons. The van der Waals surface area contributed by atoms with Gasteiger partial charge in [-0.3, -0.25) is 0 Å². The number of halogens is 1. The van der Waals surface area contributed by atoms with E-state index in [9.17, 15) is 12.8 Å². The topological polar surface area (TPSA) is 55.4 Å². The van der Waals surface area contributed by atoms with Gasteiger partial charge in [0.25, 0.3) is 0 Å². The molecule has 3 rings (SSSR count). The highest BCUT2D eigenvalue weighted by molar-refractivity contribution is 7.91. The van der Waals surface area contributed by atoms with Crippen molar-refractivity contribution in [3.05, 3.63) is 29.6 Å². The molecule has 2 atom stereocenters. The van der Waals surface area contributed by atoms with Crippen LogP contribution in [0.5, 0.6) is 0 Å². The largest absolute Gasteiger partial charge is 0.374 e. The van der Waals surface area contributed by atoms with Crippen LogP contribution < -0.4 is 5.32 Å². The average Bonchev–Trinajstić information content (AvgIpc) is 2.85. The van der Waals surface area contributed by atoms with Crippen LogP contribution in [0.15, 0.2) is 23.1 Å². The third-order valence-corrected chi connectivity index (χ3v) is 6.20. The second-order valence-corrected chi connectivity index (χ2v) is 8.20. The highest BCUT2D eigenvalue weighted by atomic mass is 32.2. The first-order chi connectivity index (χ1) is 9.90. The van der Waals surface area contributed by atoms with Crippen molar-refractivity contribution in [2.45, 2.75) is 42.7 Å². The molecule has 6 heteroatoms. The molecular formula is C15H20FNO3S. The zero-order valence-corrected chi connectivity index (χ0v) is 12.9. The molecule has 0 radical (unpaired) electrons. The Balaban J connectivity index is 1.83. The number of fused-ring (bicyclic) bond motifs is 1. The van der Waals surface area contributed by atoms with E-state index in [-0.39, 0.29) is 22.3 Å². The number of ether oxygens (including phenoxy) is 1. The lowest BCUT2D eigenvalue weighted by Crippen LogP contribution is -2.40. The molecule has 0 bridgehead atoms. The Kier molecular flexibility index (Phi) is 3.80. The molecule has 1 N–H and O–H groups in total. The number of hydrogen-bond acceptors (Lipinski definition) is 4. The molecule has 1 aromatic rings. The molecule has 0 saturated carbocycles. The maximum Gasteiger partial charge on any atom is 0.178 e. The van der Waals surface area contributed by atoms with Crippen LogP contribution in [0.2, 0.25) is 0 Å². The van der Waals surface area contributed by atoms with Crippen LogP contribution in [-0.2, 0) is 14.6 Å². The van der Waals surface area contributed by atoms with Crippen LogP contribution in [-0.4, -0.2) is 32.9 Å². The van der Waals surface area contributed by atoms with Gasteiger partial charge in [-0.1, -0.05) is 0 Å². The van der Waals surface area contributed by atoms with Crippen molar-refractivity contribution in [2.75, 3.05) is 18.9 Å². The third kappa shape index (κ3) is 2.98. The van der Waals surface area contributed by atoms with E-state index in [1.165, 1.54) is 18.2 Å². The highest BCUT2D eigenvalue weighted by Crippen LogP contribution is 2.33. The lowest BCUT2D eigenvalue weighted by Gasteiger charge is -2.30. The first-order valence-electron chi connectivity index (χ1n) is 7.29. The van der Waals surface area contributed by atoms with Gasteiger partial charge in [0, 0.05) is 19.2 Å². The summed E-state index contributed by atoms with van der Waals surface area (Å²) in [5.74, 6) is -0.304. The Labute approximate surface area is 124 Å². The summed E-state index contributed by atoms with van der Waals surface area (Å²) in [6.07, 6.45) is 2.50. The first-order valence-corrected chi connectivity index (χ1v) is 8.94.